The Balaban J connectivity index is 1.97. The molecule has 2 N–H and O–H groups in total. The summed E-state index contributed by atoms with van der Waals surface area (Å²) in [5.74, 6) is -1.77. The van der Waals surface area contributed by atoms with E-state index in [0.29, 0.717) is 16.8 Å². The number of phenols is 1. The number of carbonyl (C=O) groups excluding carboxylic acids is 2. The van der Waals surface area contributed by atoms with Crippen LogP contribution in [0.25, 0.3) is 5.76 Å². The number of Topliss-reactive ketones (excluding diaryl/α,β-unsaturated/α-hetero) is 1. The Kier molecular flexibility index (Phi) is 4.93. The number of methoxy groups -OCH3 is 1. The SMILES string of the molecule is COc1cc([C@@H]2C(=C(O)c3ccccc3)C(=O)C(=O)N2c2cccnc2)ccc1O. The quantitative estimate of drug-likeness (QED) is 0.394. The summed E-state index contributed by atoms with van der Waals surface area (Å²) in [5.41, 5.74) is 1.26. The van der Waals surface area contributed by atoms with Crippen molar-refractivity contribution < 1.29 is 24.5 Å². The average molecular weight is 402 g/mol. The van der Waals surface area contributed by atoms with Gasteiger partial charge in [-0.2, -0.15) is 0 Å². The number of rotatable bonds is 4. The molecule has 7 nitrogen and oxygen atoms in total. The largest absolute Gasteiger partial charge is 0.507 e. The maximum absolute atomic E-state index is 13.0. The van der Waals surface area contributed by atoms with Gasteiger partial charge in [0.25, 0.3) is 11.7 Å². The third-order valence-corrected chi connectivity index (χ3v) is 4.94. The van der Waals surface area contributed by atoms with Crippen LogP contribution < -0.4 is 9.64 Å². The first-order valence-electron chi connectivity index (χ1n) is 9.16. The highest BCUT2D eigenvalue weighted by Gasteiger charge is 2.47. The number of nitrogens with zero attached hydrogens (tertiary/aromatic N) is 2. The fraction of sp³-hybridized carbons (Fsp3) is 0.0870. The van der Waals surface area contributed by atoms with Gasteiger partial charge in [0.15, 0.2) is 11.5 Å². The number of pyridine rings is 1. The average Bonchev–Trinajstić information content (AvgIpc) is 3.05. The number of hydrogen-bond acceptors (Lipinski definition) is 6. The minimum absolute atomic E-state index is 0.0530. The predicted molar refractivity (Wildman–Crippen MR) is 110 cm³/mol. The maximum atomic E-state index is 13.0. The number of hydrogen-bond donors (Lipinski definition) is 2. The fourth-order valence-electron chi connectivity index (χ4n) is 3.53. The van der Waals surface area contributed by atoms with Gasteiger partial charge in [-0.05, 0) is 29.8 Å². The third kappa shape index (κ3) is 3.16. The molecule has 30 heavy (non-hydrogen) atoms. The second-order valence-electron chi connectivity index (χ2n) is 6.68. The van der Waals surface area contributed by atoms with E-state index < -0.39 is 17.7 Å². The molecule has 150 valence electrons. The molecule has 3 aromatic rings. The highest BCUT2D eigenvalue weighted by Crippen LogP contribution is 2.43. The van der Waals surface area contributed by atoms with Crippen molar-refractivity contribution in [1.29, 1.82) is 0 Å². The molecule has 2 aromatic carbocycles. The van der Waals surface area contributed by atoms with Crippen molar-refractivity contribution in [3.63, 3.8) is 0 Å². The molecule has 1 amide bonds. The van der Waals surface area contributed by atoms with Crippen LogP contribution >= 0.6 is 0 Å². The number of aromatic nitrogens is 1. The zero-order valence-corrected chi connectivity index (χ0v) is 16.0. The zero-order valence-electron chi connectivity index (χ0n) is 16.0. The van der Waals surface area contributed by atoms with Crippen LogP contribution in [0.3, 0.4) is 0 Å². The van der Waals surface area contributed by atoms with Crippen LogP contribution in [0, 0.1) is 0 Å². The Labute approximate surface area is 172 Å². The van der Waals surface area contributed by atoms with Gasteiger partial charge in [0.2, 0.25) is 0 Å². The summed E-state index contributed by atoms with van der Waals surface area (Å²) in [6.07, 6.45) is 3.03. The molecule has 0 radical (unpaired) electrons. The standard InChI is InChI=1S/C23H18N2O5/c1-30-18-12-15(9-10-17(18)26)20-19(21(27)14-6-3-2-4-7-14)22(28)23(29)25(20)16-8-5-11-24-13-16/h2-13,20,26-27H,1H3/t20-/m1/s1. The van der Waals surface area contributed by atoms with Crippen molar-refractivity contribution in [2.75, 3.05) is 12.0 Å². The van der Waals surface area contributed by atoms with E-state index in [-0.39, 0.29) is 22.8 Å². The molecule has 4 rings (SSSR count). The van der Waals surface area contributed by atoms with Crippen LogP contribution in [0.1, 0.15) is 17.2 Å². The van der Waals surface area contributed by atoms with E-state index in [1.54, 1.807) is 54.7 Å². The summed E-state index contributed by atoms with van der Waals surface area (Å²) in [7, 11) is 1.40. The van der Waals surface area contributed by atoms with Crippen molar-refractivity contribution in [2.24, 2.45) is 0 Å². The lowest BCUT2D eigenvalue weighted by Crippen LogP contribution is -2.29. The number of carbonyl (C=O) groups is 2. The number of aliphatic hydroxyl groups excluding tert-OH is 1. The number of ether oxygens (including phenoxy) is 1. The van der Waals surface area contributed by atoms with Crippen molar-refractivity contribution in [2.45, 2.75) is 6.04 Å². The van der Waals surface area contributed by atoms with E-state index in [1.165, 1.54) is 30.3 Å². The van der Waals surface area contributed by atoms with Gasteiger partial charge in [0.05, 0.1) is 30.6 Å². The lowest BCUT2D eigenvalue weighted by Gasteiger charge is -2.25. The van der Waals surface area contributed by atoms with Gasteiger partial charge in [-0.25, -0.2) is 0 Å². The van der Waals surface area contributed by atoms with Gasteiger partial charge in [-0.15, -0.1) is 0 Å². The lowest BCUT2D eigenvalue weighted by molar-refractivity contribution is -0.132. The molecule has 0 aliphatic carbocycles. The van der Waals surface area contributed by atoms with Crippen molar-refractivity contribution >= 4 is 23.1 Å². The number of ketones is 1. The van der Waals surface area contributed by atoms with Crippen LogP contribution in [0.4, 0.5) is 5.69 Å². The first-order chi connectivity index (χ1) is 14.5. The van der Waals surface area contributed by atoms with Gasteiger partial charge < -0.3 is 14.9 Å². The summed E-state index contributed by atoms with van der Waals surface area (Å²) < 4.78 is 5.19. The molecule has 0 spiro atoms. The highest BCUT2D eigenvalue weighted by atomic mass is 16.5. The summed E-state index contributed by atoms with van der Waals surface area (Å²) in [6.45, 7) is 0. The van der Waals surface area contributed by atoms with E-state index in [2.05, 4.69) is 4.98 Å². The van der Waals surface area contributed by atoms with E-state index in [1.807, 2.05) is 0 Å². The molecular weight excluding hydrogens is 384 g/mol. The molecular formula is C23H18N2O5. The number of phenolic OH excluding ortho intramolecular Hbond substituents is 1. The molecule has 1 atom stereocenters. The monoisotopic (exact) mass is 402 g/mol. The molecule has 1 aliphatic rings. The van der Waals surface area contributed by atoms with Crippen LogP contribution in [0.5, 0.6) is 11.5 Å². The number of aromatic hydroxyl groups is 1. The van der Waals surface area contributed by atoms with Gasteiger partial charge in [-0.3, -0.25) is 19.5 Å². The topological polar surface area (TPSA) is 100.0 Å². The molecule has 1 fully saturated rings. The Bertz CT molecular complexity index is 1140. The van der Waals surface area contributed by atoms with Crippen molar-refractivity contribution in [3.05, 3.63) is 89.8 Å². The normalized spacial score (nSPS) is 17.9. The Morgan fingerprint density at radius 3 is 2.50 bits per heavy atom. The first kappa shape index (κ1) is 19.2. The predicted octanol–water partition coefficient (Wildman–Crippen LogP) is 3.42. The molecule has 1 aliphatic heterocycles. The summed E-state index contributed by atoms with van der Waals surface area (Å²) in [5, 5.41) is 20.9. The van der Waals surface area contributed by atoms with Gasteiger partial charge in [-0.1, -0.05) is 36.4 Å². The molecule has 2 heterocycles. The van der Waals surface area contributed by atoms with Gasteiger partial charge >= 0.3 is 0 Å². The Morgan fingerprint density at radius 2 is 1.83 bits per heavy atom. The van der Waals surface area contributed by atoms with Crippen molar-refractivity contribution in [3.8, 4) is 11.5 Å². The van der Waals surface area contributed by atoms with Crippen LogP contribution in [0.15, 0.2) is 78.6 Å². The van der Waals surface area contributed by atoms with E-state index in [4.69, 9.17) is 4.74 Å². The third-order valence-electron chi connectivity index (χ3n) is 4.94. The molecule has 0 bridgehead atoms. The smallest absolute Gasteiger partial charge is 0.300 e. The van der Waals surface area contributed by atoms with Crippen LogP contribution in [-0.4, -0.2) is 34.0 Å². The zero-order chi connectivity index (χ0) is 21.3. The minimum atomic E-state index is -0.927. The summed E-state index contributed by atoms with van der Waals surface area (Å²) in [4.78, 5) is 31.3. The highest BCUT2D eigenvalue weighted by molar-refractivity contribution is 6.51. The number of anilines is 1. The fourth-order valence-corrected chi connectivity index (χ4v) is 3.53. The number of aliphatic hydroxyl groups is 1. The van der Waals surface area contributed by atoms with E-state index in [0.717, 1.165) is 0 Å². The van der Waals surface area contributed by atoms with Crippen LogP contribution in [0.2, 0.25) is 0 Å². The molecule has 7 heteroatoms. The molecule has 1 aromatic heterocycles. The summed E-state index contributed by atoms with van der Waals surface area (Å²) >= 11 is 0. The Hall–Kier alpha value is -4.13. The first-order valence-corrected chi connectivity index (χ1v) is 9.16. The lowest BCUT2D eigenvalue weighted by atomic mass is 9.95. The van der Waals surface area contributed by atoms with E-state index in [9.17, 15) is 19.8 Å². The number of benzene rings is 2. The minimum Gasteiger partial charge on any atom is -0.507 e. The second-order valence-corrected chi connectivity index (χ2v) is 6.68. The summed E-state index contributed by atoms with van der Waals surface area (Å²) in [6, 6.07) is 15.5. The van der Waals surface area contributed by atoms with Crippen LogP contribution in [-0.2, 0) is 9.59 Å². The van der Waals surface area contributed by atoms with E-state index >= 15 is 0 Å². The molecule has 1 saturated heterocycles. The molecule has 0 unspecified atom stereocenters. The second kappa shape index (κ2) is 7.71. The maximum Gasteiger partial charge on any atom is 0.300 e. The van der Waals surface area contributed by atoms with Gasteiger partial charge in [0.1, 0.15) is 5.76 Å². The Morgan fingerprint density at radius 1 is 1.07 bits per heavy atom. The van der Waals surface area contributed by atoms with Gasteiger partial charge in [0, 0.05) is 11.8 Å². The molecule has 0 saturated carbocycles. The van der Waals surface area contributed by atoms with Crippen molar-refractivity contribution in [1.82, 2.24) is 4.98 Å². The number of amides is 1.